The average Bonchev–Trinajstić information content (AvgIpc) is 3.32. The number of carbonyl (C=O) groups excluding carboxylic acids is 1. The van der Waals surface area contributed by atoms with E-state index < -0.39 is 5.60 Å². The highest BCUT2D eigenvalue weighted by Gasteiger charge is 2.26. The van der Waals surface area contributed by atoms with Crippen LogP contribution >= 0.6 is 0 Å². The zero-order valence-corrected chi connectivity index (χ0v) is 13.7. The van der Waals surface area contributed by atoms with Crippen LogP contribution in [0.3, 0.4) is 0 Å². The second-order valence-electron chi connectivity index (χ2n) is 5.78. The Kier molecular flexibility index (Phi) is 4.80. The molecule has 0 aliphatic rings. The van der Waals surface area contributed by atoms with Crippen molar-refractivity contribution in [1.82, 2.24) is 25.2 Å². The van der Waals surface area contributed by atoms with Crippen molar-refractivity contribution in [1.29, 1.82) is 0 Å². The van der Waals surface area contributed by atoms with Crippen LogP contribution in [-0.4, -0.2) is 32.2 Å². The fourth-order valence-electron chi connectivity index (χ4n) is 2.24. The molecule has 1 unspecified atom stereocenters. The van der Waals surface area contributed by atoms with Gasteiger partial charge in [-0.05, 0) is 30.7 Å². The number of hydrogen-bond acceptors (Lipinski definition) is 5. The van der Waals surface area contributed by atoms with Crippen LogP contribution in [-0.2, 0) is 12.1 Å². The van der Waals surface area contributed by atoms with E-state index in [1.807, 2.05) is 12.1 Å². The maximum atomic E-state index is 11.9. The predicted molar refractivity (Wildman–Crippen MR) is 89.9 cm³/mol. The zero-order chi connectivity index (χ0) is 17.7. The Labute approximate surface area is 144 Å². The van der Waals surface area contributed by atoms with Crippen LogP contribution in [0.1, 0.15) is 18.2 Å². The van der Waals surface area contributed by atoms with Crippen molar-refractivity contribution in [2.75, 3.05) is 6.54 Å². The third-order valence-electron chi connectivity index (χ3n) is 3.68. The van der Waals surface area contributed by atoms with Crippen LogP contribution in [0.5, 0.6) is 0 Å². The molecule has 130 valence electrons. The largest absolute Gasteiger partial charge is 0.466 e. The molecule has 0 aromatic carbocycles. The Hall–Kier alpha value is -3.13. The van der Waals surface area contributed by atoms with E-state index in [4.69, 9.17) is 4.42 Å². The molecular weight excluding hydrogens is 322 g/mol. The Morgan fingerprint density at radius 2 is 2.24 bits per heavy atom. The summed E-state index contributed by atoms with van der Waals surface area (Å²) in [5.74, 6) is 1.15. The minimum Gasteiger partial charge on any atom is -0.466 e. The van der Waals surface area contributed by atoms with Gasteiger partial charge in [0.25, 0.3) is 0 Å². The molecule has 0 spiro atoms. The molecule has 2 amide bonds. The molecule has 0 bridgehead atoms. The number of imidazole rings is 1. The minimum absolute atomic E-state index is 0.0319. The normalized spacial score (nSPS) is 13.2. The summed E-state index contributed by atoms with van der Waals surface area (Å²) in [6, 6.07) is 6.68. The smallest absolute Gasteiger partial charge is 0.315 e. The number of amides is 2. The lowest BCUT2D eigenvalue weighted by Crippen LogP contribution is -2.43. The molecule has 3 N–H and O–H groups in total. The van der Waals surface area contributed by atoms with Gasteiger partial charge in [0.15, 0.2) is 0 Å². The molecular formula is C17H19N5O3. The third-order valence-corrected chi connectivity index (χ3v) is 3.68. The number of rotatable bonds is 6. The highest BCUT2D eigenvalue weighted by molar-refractivity contribution is 5.73. The first-order chi connectivity index (χ1) is 12.0. The van der Waals surface area contributed by atoms with E-state index in [1.54, 1.807) is 48.5 Å². The lowest BCUT2D eigenvalue weighted by molar-refractivity contribution is 0.0367. The van der Waals surface area contributed by atoms with Gasteiger partial charge in [0, 0.05) is 25.1 Å². The molecule has 3 aromatic rings. The molecule has 0 fully saturated rings. The minimum atomic E-state index is -1.27. The molecule has 0 aliphatic carbocycles. The summed E-state index contributed by atoms with van der Waals surface area (Å²) in [7, 11) is 0. The van der Waals surface area contributed by atoms with E-state index in [1.165, 1.54) is 6.26 Å². The third kappa shape index (κ3) is 4.24. The van der Waals surface area contributed by atoms with Gasteiger partial charge in [-0.25, -0.2) is 14.8 Å². The molecule has 1 atom stereocenters. The summed E-state index contributed by atoms with van der Waals surface area (Å²) < 4.78 is 6.96. The summed E-state index contributed by atoms with van der Waals surface area (Å²) in [6.07, 6.45) is 8.31. The van der Waals surface area contributed by atoms with Gasteiger partial charge in [0.1, 0.15) is 23.5 Å². The molecule has 3 heterocycles. The van der Waals surface area contributed by atoms with Gasteiger partial charge in [-0.1, -0.05) is 6.07 Å². The van der Waals surface area contributed by atoms with Crippen molar-refractivity contribution in [3.05, 3.63) is 66.8 Å². The Morgan fingerprint density at radius 3 is 2.88 bits per heavy atom. The van der Waals surface area contributed by atoms with Gasteiger partial charge in [0.05, 0.1) is 12.8 Å². The van der Waals surface area contributed by atoms with E-state index in [0.717, 1.165) is 11.4 Å². The van der Waals surface area contributed by atoms with Crippen LogP contribution in [0.4, 0.5) is 4.79 Å². The first-order valence-corrected chi connectivity index (χ1v) is 7.76. The number of urea groups is 1. The molecule has 0 saturated carbocycles. The summed E-state index contributed by atoms with van der Waals surface area (Å²) >= 11 is 0. The fourth-order valence-corrected chi connectivity index (χ4v) is 2.24. The topological polar surface area (TPSA) is 105 Å². The Morgan fingerprint density at radius 1 is 1.36 bits per heavy atom. The predicted octanol–water partition coefficient (Wildman–Crippen LogP) is 1.57. The summed E-state index contributed by atoms with van der Waals surface area (Å²) in [4.78, 5) is 20.2. The first-order valence-electron chi connectivity index (χ1n) is 7.76. The standard InChI is InChI=1S/C17H19N5O3/c1-17(24,14-3-2-8-25-14)11-21-16(23)20-10-13-4-5-15(19-9-13)22-7-6-18-12-22/h2-9,12,24H,10-11H2,1H3,(H2,20,21,23). The number of hydrogen-bond donors (Lipinski definition) is 3. The van der Waals surface area contributed by atoms with Crippen LogP contribution in [0, 0.1) is 0 Å². The number of nitrogens with zero attached hydrogens (tertiary/aromatic N) is 3. The number of carbonyl (C=O) groups is 1. The van der Waals surface area contributed by atoms with Crippen molar-refractivity contribution in [2.24, 2.45) is 0 Å². The number of nitrogens with one attached hydrogen (secondary N) is 2. The van der Waals surface area contributed by atoms with Crippen LogP contribution in [0.15, 0.2) is 59.9 Å². The van der Waals surface area contributed by atoms with E-state index in [9.17, 15) is 9.90 Å². The van der Waals surface area contributed by atoms with E-state index in [-0.39, 0.29) is 12.6 Å². The summed E-state index contributed by atoms with van der Waals surface area (Å²) in [5, 5.41) is 15.6. The summed E-state index contributed by atoms with van der Waals surface area (Å²) in [5.41, 5.74) is -0.411. The second-order valence-corrected chi connectivity index (χ2v) is 5.78. The molecule has 8 heteroatoms. The van der Waals surface area contributed by atoms with Crippen molar-refractivity contribution in [2.45, 2.75) is 19.1 Å². The van der Waals surface area contributed by atoms with Gasteiger partial charge in [0.2, 0.25) is 0 Å². The van der Waals surface area contributed by atoms with Crippen molar-refractivity contribution in [3.8, 4) is 5.82 Å². The molecule has 3 aromatic heterocycles. The molecule has 0 saturated heterocycles. The maximum Gasteiger partial charge on any atom is 0.315 e. The zero-order valence-electron chi connectivity index (χ0n) is 13.7. The monoisotopic (exact) mass is 341 g/mol. The summed E-state index contributed by atoms with van der Waals surface area (Å²) in [6.45, 7) is 1.93. The molecule has 25 heavy (non-hydrogen) atoms. The number of aliphatic hydroxyl groups is 1. The van der Waals surface area contributed by atoms with Gasteiger partial charge in [-0.2, -0.15) is 0 Å². The SMILES string of the molecule is CC(O)(CNC(=O)NCc1ccc(-n2ccnc2)nc1)c1ccco1. The Bertz CT molecular complexity index is 795. The van der Waals surface area contributed by atoms with Gasteiger partial charge >= 0.3 is 6.03 Å². The highest BCUT2D eigenvalue weighted by atomic mass is 16.4. The van der Waals surface area contributed by atoms with Crippen LogP contribution in [0.25, 0.3) is 5.82 Å². The lowest BCUT2D eigenvalue weighted by Gasteiger charge is -2.21. The first kappa shape index (κ1) is 16.7. The number of pyridine rings is 1. The van der Waals surface area contributed by atoms with Crippen molar-refractivity contribution < 1.29 is 14.3 Å². The number of aromatic nitrogens is 3. The fraction of sp³-hybridized carbons (Fsp3) is 0.235. The quantitative estimate of drug-likeness (QED) is 0.631. The number of furan rings is 1. The van der Waals surface area contributed by atoms with Crippen LogP contribution < -0.4 is 10.6 Å². The van der Waals surface area contributed by atoms with E-state index in [2.05, 4.69) is 20.6 Å². The lowest BCUT2D eigenvalue weighted by atomic mass is 10.0. The van der Waals surface area contributed by atoms with Crippen molar-refractivity contribution >= 4 is 6.03 Å². The van der Waals surface area contributed by atoms with Gasteiger partial charge < -0.3 is 20.2 Å². The highest BCUT2D eigenvalue weighted by Crippen LogP contribution is 2.19. The van der Waals surface area contributed by atoms with Crippen molar-refractivity contribution in [3.63, 3.8) is 0 Å². The average molecular weight is 341 g/mol. The van der Waals surface area contributed by atoms with E-state index >= 15 is 0 Å². The van der Waals surface area contributed by atoms with Crippen LogP contribution in [0.2, 0.25) is 0 Å². The molecule has 3 rings (SSSR count). The molecule has 0 radical (unpaired) electrons. The maximum absolute atomic E-state index is 11.9. The molecule has 0 aliphatic heterocycles. The second kappa shape index (κ2) is 7.18. The van der Waals surface area contributed by atoms with Gasteiger partial charge in [-0.3, -0.25) is 4.57 Å². The molecule has 8 nitrogen and oxygen atoms in total. The van der Waals surface area contributed by atoms with Gasteiger partial charge in [-0.15, -0.1) is 0 Å². The van der Waals surface area contributed by atoms with E-state index in [0.29, 0.717) is 12.3 Å². The Balaban J connectivity index is 1.47.